The van der Waals surface area contributed by atoms with E-state index in [0.717, 1.165) is 12.3 Å². The smallest absolute Gasteiger partial charge is 0.362 e. The molecule has 6 atom stereocenters. The molecule has 0 bridgehead atoms. The molecule has 172 valence electrons. The van der Waals surface area contributed by atoms with E-state index in [0.29, 0.717) is 45.2 Å². The number of carboxylic acids is 2. The summed E-state index contributed by atoms with van der Waals surface area (Å²) in [5, 5.41) is 43.6. The Morgan fingerprint density at radius 3 is 2.37 bits per heavy atom. The molecule has 1 saturated heterocycles. The molecule has 0 saturated carbocycles. The molecule has 2 aliphatic heterocycles. The second kappa shape index (κ2) is 11.5. The molecule has 30 heavy (non-hydrogen) atoms. The van der Waals surface area contributed by atoms with Gasteiger partial charge in [0, 0.05) is 38.9 Å². The molecule has 1 unspecified atom stereocenters. The Labute approximate surface area is 175 Å². The summed E-state index contributed by atoms with van der Waals surface area (Å²) in [5.41, 5.74) is 7.22. The van der Waals surface area contributed by atoms with Gasteiger partial charge in [0.2, 0.25) is 6.29 Å². The van der Waals surface area contributed by atoms with Gasteiger partial charge in [0.1, 0.15) is 6.04 Å². The van der Waals surface area contributed by atoms with Crippen LogP contribution in [0.3, 0.4) is 0 Å². The minimum absolute atomic E-state index is 0.0751. The van der Waals surface area contributed by atoms with Gasteiger partial charge in [-0.3, -0.25) is 0 Å². The summed E-state index contributed by atoms with van der Waals surface area (Å²) in [7, 11) is 0. The minimum Gasteiger partial charge on any atom is -0.477 e. The van der Waals surface area contributed by atoms with E-state index in [1.54, 1.807) is 0 Å². The van der Waals surface area contributed by atoms with Gasteiger partial charge >= 0.3 is 11.9 Å². The Balaban J connectivity index is 1.88. The fraction of sp³-hybridized carbons (Fsp3) is 0.833. The van der Waals surface area contributed by atoms with Crippen LogP contribution in [0.15, 0.2) is 4.99 Å². The van der Waals surface area contributed by atoms with E-state index in [-0.39, 0.29) is 18.9 Å². The summed E-state index contributed by atoms with van der Waals surface area (Å²) in [6.07, 6.45) is 1.57. The number of β-amino-alcohol motifs (C(OH)–C–C–N with tert-alkyl or cyclic N) is 1. The van der Waals surface area contributed by atoms with Gasteiger partial charge < -0.3 is 42.1 Å². The molecule has 2 heterocycles. The number of quaternary nitrogens is 3. The number of nitrogens with one attached hydrogen (secondary N) is 1. The topological polar surface area (TPSA) is 215 Å². The number of aliphatic hydroxyl groups excluding tert-OH is 2. The standard InChI is InChI=1S/C18H34N6O6/c19-10(16(27)28)4-1-2-7-24-9-14(26)13(25)8-12-15(24)23-18(22-12)21-6-3-5-11(20)17(29)30/h10-14,18,21-22,25-26H,1-9,19-20H2,(H,27,28)(H,29,30)/p+3/t10-,11-,12-,13-,14+,18?/m0/s1. The molecule has 0 aromatic rings. The lowest BCUT2D eigenvalue weighted by atomic mass is 10.1. The average molecular weight is 434 g/mol. The molecule has 0 spiro atoms. The average Bonchev–Trinajstić information content (AvgIpc) is 3.04. The Hall–Kier alpha value is -1.83. The van der Waals surface area contributed by atoms with Gasteiger partial charge in [-0.1, -0.05) is 0 Å². The monoisotopic (exact) mass is 433 g/mol. The predicted molar refractivity (Wildman–Crippen MR) is 105 cm³/mol. The Kier molecular flexibility index (Phi) is 9.39. The molecule has 2 rings (SSSR count). The van der Waals surface area contributed by atoms with Crippen molar-refractivity contribution in [1.82, 2.24) is 10.2 Å². The van der Waals surface area contributed by atoms with Crippen LogP contribution in [0.4, 0.5) is 0 Å². The number of amidine groups is 1. The van der Waals surface area contributed by atoms with Crippen LogP contribution in [0.5, 0.6) is 0 Å². The number of rotatable bonds is 12. The van der Waals surface area contributed by atoms with Crippen LogP contribution in [-0.2, 0) is 9.59 Å². The number of nitrogens with zero attached hydrogens (tertiary/aromatic N) is 2. The molecular formula is C18H37N6O6+3. The SMILES string of the molecule is [NH3+][C@@H](CCCCN1C[C@@H](O)[C@@H](O)C[C@@H]2[NH2+]C(NCCC[C@H]([NH3+])C(=O)O)N=C21)C(=O)O. The van der Waals surface area contributed by atoms with Gasteiger partial charge in [0.05, 0.1) is 12.2 Å². The number of likely N-dealkylation sites (tertiary alicyclic amines) is 1. The first-order valence-electron chi connectivity index (χ1n) is 10.6. The molecule has 0 amide bonds. The number of fused-ring (bicyclic) bond motifs is 1. The summed E-state index contributed by atoms with van der Waals surface area (Å²) in [6, 6.07) is -1.32. The number of unbranched alkanes of at least 4 members (excludes halogenated alkanes) is 1. The Morgan fingerprint density at radius 1 is 1.10 bits per heavy atom. The maximum absolute atomic E-state index is 10.9. The van der Waals surface area contributed by atoms with Crippen molar-refractivity contribution in [3.05, 3.63) is 0 Å². The molecule has 12 heteroatoms. The normalized spacial score (nSPS) is 28.4. The summed E-state index contributed by atoms with van der Waals surface area (Å²) >= 11 is 0. The summed E-state index contributed by atoms with van der Waals surface area (Å²) in [4.78, 5) is 28.4. The van der Waals surface area contributed by atoms with Gasteiger partial charge in [-0.25, -0.2) is 14.9 Å². The third kappa shape index (κ3) is 7.15. The summed E-state index contributed by atoms with van der Waals surface area (Å²) in [5.74, 6) is -0.977. The van der Waals surface area contributed by atoms with E-state index in [1.165, 1.54) is 0 Å². The summed E-state index contributed by atoms with van der Waals surface area (Å²) < 4.78 is 0. The zero-order valence-corrected chi connectivity index (χ0v) is 17.3. The van der Waals surface area contributed by atoms with Crippen molar-refractivity contribution in [2.45, 2.75) is 75.1 Å². The Bertz CT molecular complexity index is 620. The van der Waals surface area contributed by atoms with Gasteiger partial charge in [-0.05, 0) is 19.3 Å². The highest BCUT2D eigenvalue weighted by Crippen LogP contribution is 2.17. The highest BCUT2D eigenvalue weighted by Gasteiger charge is 2.41. The largest absolute Gasteiger partial charge is 0.477 e. The molecule has 2 aliphatic rings. The molecular weight excluding hydrogens is 396 g/mol. The molecule has 0 aromatic carbocycles. The third-order valence-electron chi connectivity index (χ3n) is 5.70. The quantitative estimate of drug-likeness (QED) is 0.139. The first-order chi connectivity index (χ1) is 14.2. The Morgan fingerprint density at radius 2 is 1.73 bits per heavy atom. The van der Waals surface area contributed by atoms with Gasteiger partial charge in [0.15, 0.2) is 17.9 Å². The van der Waals surface area contributed by atoms with E-state index in [9.17, 15) is 19.8 Å². The number of nitrogens with two attached hydrogens (primary N) is 1. The summed E-state index contributed by atoms with van der Waals surface area (Å²) in [6.45, 7) is 1.51. The van der Waals surface area contributed by atoms with Crippen LogP contribution in [-0.4, -0.2) is 99.4 Å². The number of hydrogen-bond acceptors (Lipinski definition) is 7. The van der Waals surface area contributed by atoms with Crippen LogP contribution < -0.4 is 22.1 Å². The number of aliphatic imine (C=N–C) groups is 1. The molecule has 12 nitrogen and oxygen atoms in total. The number of hydrogen-bond donors (Lipinski definition) is 8. The number of carbonyl (C=O) groups is 2. The van der Waals surface area contributed by atoms with E-state index in [4.69, 9.17) is 15.2 Å². The van der Waals surface area contributed by atoms with Crippen molar-refractivity contribution in [2.75, 3.05) is 19.6 Å². The zero-order chi connectivity index (χ0) is 22.3. The molecule has 13 N–H and O–H groups in total. The van der Waals surface area contributed by atoms with Crippen molar-refractivity contribution in [3.63, 3.8) is 0 Å². The highest BCUT2D eigenvalue weighted by atomic mass is 16.4. The molecule has 0 aliphatic carbocycles. The second-order valence-electron chi connectivity index (χ2n) is 8.21. The highest BCUT2D eigenvalue weighted by molar-refractivity contribution is 5.87. The number of aliphatic hydroxyl groups is 2. The third-order valence-corrected chi connectivity index (χ3v) is 5.70. The number of carboxylic acid groups (broad SMARTS) is 2. The van der Waals surface area contributed by atoms with Crippen molar-refractivity contribution in [1.29, 1.82) is 0 Å². The maximum Gasteiger partial charge on any atom is 0.362 e. The molecule has 0 radical (unpaired) electrons. The van der Waals surface area contributed by atoms with Crippen LogP contribution >= 0.6 is 0 Å². The fourth-order valence-electron chi connectivity index (χ4n) is 3.80. The van der Waals surface area contributed by atoms with Crippen molar-refractivity contribution < 1.29 is 46.8 Å². The lowest BCUT2D eigenvalue weighted by molar-refractivity contribution is -0.704. The van der Waals surface area contributed by atoms with Crippen LogP contribution in [0.2, 0.25) is 0 Å². The van der Waals surface area contributed by atoms with Crippen LogP contribution in [0, 0.1) is 0 Å². The first kappa shape index (κ1) is 24.4. The minimum atomic E-state index is -0.902. The maximum atomic E-state index is 10.9. The van der Waals surface area contributed by atoms with Gasteiger partial charge in [-0.15, -0.1) is 0 Å². The fourth-order valence-corrected chi connectivity index (χ4v) is 3.80. The second-order valence-corrected chi connectivity index (χ2v) is 8.21. The van der Waals surface area contributed by atoms with E-state index >= 15 is 0 Å². The van der Waals surface area contributed by atoms with Crippen molar-refractivity contribution in [2.24, 2.45) is 4.99 Å². The van der Waals surface area contributed by atoms with Crippen molar-refractivity contribution >= 4 is 17.8 Å². The van der Waals surface area contributed by atoms with Gasteiger partial charge in [-0.2, -0.15) is 4.99 Å². The predicted octanol–water partition coefficient (Wildman–Crippen LogP) is -5.03. The van der Waals surface area contributed by atoms with E-state index < -0.39 is 36.2 Å². The lowest BCUT2D eigenvalue weighted by Crippen LogP contribution is -2.96. The van der Waals surface area contributed by atoms with Crippen LogP contribution in [0.25, 0.3) is 0 Å². The zero-order valence-electron chi connectivity index (χ0n) is 17.3. The van der Waals surface area contributed by atoms with Crippen LogP contribution in [0.1, 0.15) is 38.5 Å². The van der Waals surface area contributed by atoms with E-state index in [1.807, 2.05) is 10.2 Å². The first-order valence-corrected chi connectivity index (χ1v) is 10.6. The molecule has 0 aromatic heterocycles. The van der Waals surface area contributed by atoms with Crippen molar-refractivity contribution in [3.8, 4) is 0 Å². The lowest BCUT2D eigenvalue weighted by Gasteiger charge is -2.25. The molecule has 1 fully saturated rings. The number of aliphatic carboxylic acids is 2. The van der Waals surface area contributed by atoms with Gasteiger partial charge in [0.25, 0.3) is 0 Å². The van der Waals surface area contributed by atoms with E-state index in [2.05, 4.69) is 16.8 Å².